The van der Waals surface area contributed by atoms with Crippen LogP contribution in [0.1, 0.15) is 18.7 Å². The highest BCUT2D eigenvalue weighted by atomic mass is 79.9. The molecule has 4 nitrogen and oxygen atoms in total. The van der Waals surface area contributed by atoms with E-state index in [1.165, 1.54) is 15.6 Å². The van der Waals surface area contributed by atoms with Crippen molar-refractivity contribution in [3.8, 4) is 0 Å². The molecule has 1 rings (SSSR count). The SMILES string of the molecule is C=CCN(CC=C)S(=O)(=O)c1cc(CNC(C)C)sc1Br. The van der Waals surface area contributed by atoms with Gasteiger partial charge in [0.2, 0.25) is 10.0 Å². The van der Waals surface area contributed by atoms with Crippen molar-refractivity contribution in [3.63, 3.8) is 0 Å². The van der Waals surface area contributed by atoms with E-state index in [0.29, 0.717) is 21.3 Å². The van der Waals surface area contributed by atoms with Gasteiger partial charge in [-0.3, -0.25) is 0 Å². The molecule has 0 aliphatic heterocycles. The molecule has 0 atom stereocenters. The minimum atomic E-state index is -3.55. The van der Waals surface area contributed by atoms with Gasteiger partial charge in [-0.15, -0.1) is 24.5 Å². The molecule has 1 aromatic heterocycles. The van der Waals surface area contributed by atoms with Gasteiger partial charge < -0.3 is 5.32 Å². The summed E-state index contributed by atoms with van der Waals surface area (Å²) in [5.74, 6) is 0. The molecule has 118 valence electrons. The Bertz CT molecular complexity index is 584. The van der Waals surface area contributed by atoms with Gasteiger partial charge in [0.05, 0.1) is 3.79 Å². The average Bonchev–Trinajstić information content (AvgIpc) is 2.78. The Morgan fingerprint density at radius 3 is 2.43 bits per heavy atom. The summed E-state index contributed by atoms with van der Waals surface area (Å²) in [5.41, 5.74) is 0. The molecular weight excluding hydrogens is 372 g/mol. The summed E-state index contributed by atoms with van der Waals surface area (Å²) in [5, 5.41) is 3.28. The zero-order valence-corrected chi connectivity index (χ0v) is 15.5. The molecule has 0 unspecified atom stereocenters. The molecule has 7 heteroatoms. The van der Waals surface area contributed by atoms with E-state index in [1.807, 2.05) is 0 Å². The maximum absolute atomic E-state index is 12.7. The van der Waals surface area contributed by atoms with Gasteiger partial charge in [0, 0.05) is 30.6 Å². The summed E-state index contributed by atoms with van der Waals surface area (Å²) in [7, 11) is -3.55. The van der Waals surface area contributed by atoms with Crippen LogP contribution in [-0.2, 0) is 16.6 Å². The summed E-state index contributed by atoms with van der Waals surface area (Å²) < 4.78 is 27.3. The van der Waals surface area contributed by atoms with E-state index in [9.17, 15) is 8.42 Å². The highest BCUT2D eigenvalue weighted by molar-refractivity contribution is 9.11. The number of sulfonamides is 1. The van der Waals surface area contributed by atoms with E-state index >= 15 is 0 Å². The van der Waals surface area contributed by atoms with E-state index in [4.69, 9.17) is 0 Å². The van der Waals surface area contributed by atoms with Crippen molar-refractivity contribution in [3.05, 3.63) is 40.0 Å². The van der Waals surface area contributed by atoms with Crippen LogP contribution in [0.3, 0.4) is 0 Å². The van der Waals surface area contributed by atoms with Crippen molar-refractivity contribution in [2.45, 2.75) is 31.3 Å². The van der Waals surface area contributed by atoms with Gasteiger partial charge in [0.15, 0.2) is 0 Å². The van der Waals surface area contributed by atoms with Crippen LogP contribution in [0.5, 0.6) is 0 Å². The lowest BCUT2D eigenvalue weighted by molar-refractivity contribution is 0.474. The molecule has 0 amide bonds. The van der Waals surface area contributed by atoms with Gasteiger partial charge in [-0.05, 0) is 22.0 Å². The molecule has 0 radical (unpaired) electrons. The summed E-state index contributed by atoms with van der Waals surface area (Å²) in [6, 6.07) is 2.07. The molecule has 0 saturated heterocycles. The maximum Gasteiger partial charge on any atom is 0.245 e. The summed E-state index contributed by atoms with van der Waals surface area (Å²) in [6.07, 6.45) is 3.14. The van der Waals surface area contributed by atoms with Crippen molar-refractivity contribution in [2.75, 3.05) is 13.1 Å². The maximum atomic E-state index is 12.7. The Hall–Kier alpha value is -0.470. The van der Waals surface area contributed by atoms with Crippen LogP contribution in [0.2, 0.25) is 0 Å². The lowest BCUT2D eigenvalue weighted by Crippen LogP contribution is -2.31. The van der Waals surface area contributed by atoms with Crippen LogP contribution in [0, 0.1) is 0 Å². The predicted molar refractivity (Wildman–Crippen MR) is 93.1 cm³/mol. The monoisotopic (exact) mass is 392 g/mol. The molecule has 0 spiro atoms. The van der Waals surface area contributed by atoms with Crippen molar-refractivity contribution >= 4 is 37.3 Å². The lowest BCUT2D eigenvalue weighted by atomic mass is 10.4. The normalized spacial score (nSPS) is 12.0. The molecule has 0 saturated carbocycles. The van der Waals surface area contributed by atoms with Gasteiger partial charge in [-0.2, -0.15) is 4.31 Å². The molecular formula is C14H21BrN2O2S2. The first-order valence-electron chi connectivity index (χ1n) is 6.56. The second-order valence-corrected chi connectivity index (χ2v) is 9.15. The number of halogens is 1. The second-order valence-electron chi connectivity index (χ2n) is 4.79. The summed E-state index contributed by atoms with van der Waals surface area (Å²) >= 11 is 4.80. The standard InChI is InChI=1S/C14H21BrN2O2S2/c1-5-7-17(8-6-2)21(18,19)13-9-12(20-14(13)15)10-16-11(3)4/h5-6,9,11,16H,1-2,7-8,10H2,3-4H3. The van der Waals surface area contributed by atoms with Crippen LogP contribution in [0.25, 0.3) is 0 Å². The Labute approximate surface area is 139 Å². The molecule has 0 bridgehead atoms. The Morgan fingerprint density at radius 1 is 1.38 bits per heavy atom. The first-order chi connectivity index (χ1) is 9.82. The Balaban J connectivity index is 3.06. The average molecular weight is 393 g/mol. The number of hydrogen-bond acceptors (Lipinski definition) is 4. The largest absolute Gasteiger partial charge is 0.310 e. The quantitative estimate of drug-likeness (QED) is 0.655. The summed E-state index contributed by atoms with van der Waals surface area (Å²) in [6.45, 7) is 12.5. The van der Waals surface area contributed by atoms with Crippen LogP contribution < -0.4 is 5.32 Å². The van der Waals surface area contributed by atoms with Gasteiger partial charge in [0.1, 0.15) is 4.90 Å². The fourth-order valence-electron chi connectivity index (χ4n) is 1.66. The van der Waals surface area contributed by atoms with Gasteiger partial charge in [-0.1, -0.05) is 26.0 Å². The third-order valence-electron chi connectivity index (χ3n) is 2.67. The zero-order chi connectivity index (χ0) is 16.0. The topological polar surface area (TPSA) is 49.4 Å². The lowest BCUT2D eigenvalue weighted by Gasteiger charge is -2.18. The molecule has 0 fully saturated rings. The minimum Gasteiger partial charge on any atom is -0.310 e. The first kappa shape index (κ1) is 18.6. The third kappa shape index (κ3) is 5.03. The van der Waals surface area contributed by atoms with Crippen molar-refractivity contribution in [1.82, 2.24) is 9.62 Å². The van der Waals surface area contributed by atoms with E-state index in [2.05, 4.69) is 48.3 Å². The Kier molecular flexibility index (Phi) is 7.29. The molecule has 1 aromatic rings. The fraction of sp³-hybridized carbons (Fsp3) is 0.429. The molecule has 0 aliphatic carbocycles. The van der Waals surface area contributed by atoms with Crippen LogP contribution in [0.4, 0.5) is 0 Å². The van der Waals surface area contributed by atoms with Crippen LogP contribution >= 0.6 is 27.3 Å². The van der Waals surface area contributed by atoms with Gasteiger partial charge in [0.25, 0.3) is 0 Å². The predicted octanol–water partition coefficient (Wildman–Crippen LogP) is 3.37. The zero-order valence-electron chi connectivity index (χ0n) is 12.3. The number of nitrogens with one attached hydrogen (secondary N) is 1. The number of nitrogens with zero attached hydrogens (tertiary/aromatic N) is 1. The van der Waals surface area contributed by atoms with Crippen LogP contribution in [-0.4, -0.2) is 31.9 Å². The van der Waals surface area contributed by atoms with Crippen molar-refractivity contribution in [2.24, 2.45) is 0 Å². The van der Waals surface area contributed by atoms with E-state index < -0.39 is 10.0 Å². The molecule has 21 heavy (non-hydrogen) atoms. The third-order valence-corrected chi connectivity index (χ3v) is 6.76. The highest BCUT2D eigenvalue weighted by Gasteiger charge is 2.26. The molecule has 0 aromatic carbocycles. The summed E-state index contributed by atoms with van der Waals surface area (Å²) in [4.78, 5) is 1.28. The first-order valence-corrected chi connectivity index (χ1v) is 9.61. The van der Waals surface area contributed by atoms with Crippen molar-refractivity contribution in [1.29, 1.82) is 0 Å². The van der Waals surface area contributed by atoms with E-state index in [-0.39, 0.29) is 13.1 Å². The van der Waals surface area contributed by atoms with Crippen molar-refractivity contribution < 1.29 is 8.42 Å². The minimum absolute atomic E-state index is 0.260. The molecule has 1 heterocycles. The fourth-order valence-corrected chi connectivity index (χ4v) is 5.63. The highest BCUT2D eigenvalue weighted by Crippen LogP contribution is 2.33. The second kappa shape index (κ2) is 8.24. The van der Waals surface area contributed by atoms with Crippen LogP contribution in [0.15, 0.2) is 40.1 Å². The van der Waals surface area contributed by atoms with Gasteiger partial charge in [-0.25, -0.2) is 8.42 Å². The van der Waals surface area contributed by atoms with E-state index in [0.717, 1.165) is 4.88 Å². The molecule has 1 N–H and O–H groups in total. The van der Waals surface area contributed by atoms with Gasteiger partial charge >= 0.3 is 0 Å². The van der Waals surface area contributed by atoms with E-state index in [1.54, 1.807) is 18.2 Å². The number of thiophene rings is 1. The Morgan fingerprint density at radius 2 is 1.95 bits per heavy atom. The smallest absolute Gasteiger partial charge is 0.245 e. The number of hydrogen-bond donors (Lipinski definition) is 1. The molecule has 0 aliphatic rings. The number of rotatable bonds is 9.